The van der Waals surface area contributed by atoms with Crippen LogP contribution in [0, 0.1) is 0 Å². The Morgan fingerprint density at radius 2 is 1.20 bits per heavy atom. The van der Waals surface area contributed by atoms with Gasteiger partial charge in [0, 0.05) is 59.5 Å². The number of aromatic nitrogens is 8. The number of nitrogens with one attached hydrogen (secondary N) is 3. The van der Waals surface area contributed by atoms with Crippen LogP contribution in [0.3, 0.4) is 0 Å². The second-order valence-electron chi connectivity index (χ2n) is 13.7. The van der Waals surface area contributed by atoms with E-state index in [1.165, 1.54) is 6.26 Å². The molecule has 294 valence electrons. The summed E-state index contributed by atoms with van der Waals surface area (Å²) in [6.07, 6.45) is 6.63. The van der Waals surface area contributed by atoms with Crippen molar-refractivity contribution in [1.82, 2.24) is 41.2 Å². The van der Waals surface area contributed by atoms with E-state index in [0.29, 0.717) is 78.5 Å². The summed E-state index contributed by atoms with van der Waals surface area (Å²) in [5.74, 6) is 0.537. The molecule has 0 saturated heterocycles. The first-order chi connectivity index (χ1) is 27.1. The Balaban J connectivity index is 1.29. The summed E-state index contributed by atoms with van der Waals surface area (Å²) < 4.78 is 55.6. The third-order valence-corrected chi connectivity index (χ3v) is 12.5. The molecule has 3 N–H and O–H groups in total. The van der Waals surface area contributed by atoms with E-state index in [4.69, 9.17) is 0 Å². The fourth-order valence-electron chi connectivity index (χ4n) is 6.75. The minimum Gasteiger partial charge on any atom is -0.384 e. The number of anilines is 2. The molecule has 2 heterocycles. The predicted molar refractivity (Wildman–Crippen MR) is 220 cm³/mol. The van der Waals surface area contributed by atoms with Crippen molar-refractivity contribution in [2.75, 3.05) is 41.9 Å². The zero-order chi connectivity index (χ0) is 39.5. The van der Waals surface area contributed by atoms with Crippen molar-refractivity contribution in [3.8, 4) is 45.0 Å². The van der Waals surface area contributed by atoms with Crippen LogP contribution < -0.4 is 10.2 Å². The molecule has 4 aromatic carbocycles. The monoisotopic (exact) mass is 796 g/mol. The Labute approximate surface area is 328 Å². The maximum Gasteiger partial charge on any atom is 0.204 e. The van der Waals surface area contributed by atoms with Gasteiger partial charge < -0.3 is 10.2 Å². The molecule has 0 amide bonds. The average molecular weight is 797 g/mol. The first-order valence-electron chi connectivity index (χ1n) is 19.0. The molecule has 16 heteroatoms. The Morgan fingerprint density at radius 3 is 1.77 bits per heavy atom. The van der Waals surface area contributed by atoms with E-state index in [0.717, 1.165) is 42.5 Å². The fraction of sp³-hybridized carbons (Fsp3) is 0.350. The Hall–Kier alpha value is -5.48. The molecule has 0 fully saturated rings. The van der Waals surface area contributed by atoms with Gasteiger partial charge in [-0.25, -0.2) is 16.8 Å². The van der Waals surface area contributed by atoms with Crippen LogP contribution in [-0.2, 0) is 19.7 Å². The largest absolute Gasteiger partial charge is 0.384 e. The van der Waals surface area contributed by atoms with Gasteiger partial charge in [0.1, 0.15) is 0 Å². The lowest BCUT2D eigenvalue weighted by atomic mass is 9.99. The number of hydrogen-bond donors (Lipinski definition) is 3. The summed E-state index contributed by atoms with van der Waals surface area (Å²) in [5.41, 5.74) is 5.32. The van der Waals surface area contributed by atoms with Gasteiger partial charge in [0.15, 0.2) is 19.7 Å². The number of sulfone groups is 2. The van der Waals surface area contributed by atoms with Gasteiger partial charge >= 0.3 is 0 Å². The van der Waals surface area contributed by atoms with Gasteiger partial charge in [-0.05, 0) is 71.5 Å². The van der Waals surface area contributed by atoms with Crippen molar-refractivity contribution in [3.63, 3.8) is 0 Å². The Morgan fingerprint density at radius 1 is 0.625 bits per heavy atom. The predicted octanol–water partition coefficient (Wildman–Crippen LogP) is 7.25. The van der Waals surface area contributed by atoms with E-state index in [9.17, 15) is 16.8 Å². The zero-order valence-corrected chi connectivity index (χ0v) is 33.6. The first kappa shape index (κ1) is 40.2. The van der Waals surface area contributed by atoms with E-state index in [-0.39, 0.29) is 15.5 Å². The smallest absolute Gasteiger partial charge is 0.204 e. The number of nitrogens with zero attached hydrogens (tertiary/aromatic N) is 7. The van der Waals surface area contributed by atoms with Gasteiger partial charge in [-0.15, -0.1) is 20.4 Å². The van der Waals surface area contributed by atoms with Crippen LogP contribution in [-0.4, -0.2) is 89.7 Å². The van der Waals surface area contributed by atoms with Gasteiger partial charge in [0.2, 0.25) is 11.6 Å². The van der Waals surface area contributed by atoms with Crippen molar-refractivity contribution < 1.29 is 16.8 Å². The van der Waals surface area contributed by atoms with Crippen molar-refractivity contribution in [2.24, 2.45) is 0 Å². The van der Waals surface area contributed by atoms with Crippen molar-refractivity contribution in [2.45, 2.75) is 68.6 Å². The Kier molecular flexibility index (Phi) is 13.2. The third-order valence-electron chi connectivity index (χ3n) is 9.56. The summed E-state index contributed by atoms with van der Waals surface area (Å²) in [5, 5.41) is 32.4. The molecule has 0 spiro atoms. The summed E-state index contributed by atoms with van der Waals surface area (Å²) in [7, 11) is -7.49. The normalized spacial score (nSPS) is 11.8. The molecule has 0 unspecified atom stereocenters. The van der Waals surface area contributed by atoms with Crippen LogP contribution in [0.15, 0.2) is 94.7 Å². The minimum atomic E-state index is -3.80. The van der Waals surface area contributed by atoms with E-state index in [1.54, 1.807) is 12.1 Å². The first-order valence-corrected chi connectivity index (χ1v) is 22.5. The maximum absolute atomic E-state index is 14.4. The van der Waals surface area contributed by atoms with Crippen LogP contribution in [0.5, 0.6) is 0 Å². The molecule has 0 aliphatic heterocycles. The number of hydrogen-bond acceptors (Lipinski definition) is 12. The molecule has 2 aromatic heterocycles. The SMILES string of the molecule is CCCCNc1cc(-c2nn[nH]n2)cc(S(=O)(=O)CCCCCN(CCCC)c2cc(-c3nn[nH]n3)cc(S(C)(=O)=O)c2-c2ccccc2)c1-c1ccccc1. The summed E-state index contributed by atoms with van der Waals surface area (Å²) in [6.45, 7) is 6.14. The van der Waals surface area contributed by atoms with Crippen LogP contribution in [0.2, 0.25) is 0 Å². The van der Waals surface area contributed by atoms with Gasteiger partial charge in [-0.3, -0.25) is 0 Å². The number of aromatic amines is 2. The van der Waals surface area contributed by atoms with E-state index in [2.05, 4.69) is 65.3 Å². The molecular weight excluding hydrogens is 749 g/mol. The zero-order valence-electron chi connectivity index (χ0n) is 31.9. The van der Waals surface area contributed by atoms with E-state index >= 15 is 0 Å². The van der Waals surface area contributed by atoms with Crippen LogP contribution in [0.4, 0.5) is 11.4 Å². The average Bonchev–Trinajstić information content (AvgIpc) is 3.95. The van der Waals surface area contributed by atoms with E-state index < -0.39 is 19.7 Å². The number of tetrazole rings is 2. The third kappa shape index (κ3) is 9.66. The number of rotatable bonds is 20. The maximum atomic E-state index is 14.4. The molecule has 14 nitrogen and oxygen atoms in total. The summed E-state index contributed by atoms with van der Waals surface area (Å²) in [4.78, 5) is 2.59. The van der Waals surface area contributed by atoms with Crippen LogP contribution in [0.25, 0.3) is 45.0 Å². The lowest BCUT2D eigenvalue weighted by Gasteiger charge is -2.29. The highest BCUT2D eigenvalue weighted by molar-refractivity contribution is 7.91. The van der Waals surface area contributed by atoms with Crippen molar-refractivity contribution in [1.29, 1.82) is 0 Å². The molecular formula is C40H48N10O4S2. The molecule has 0 atom stereocenters. The highest BCUT2D eigenvalue weighted by Gasteiger charge is 2.27. The van der Waals surface area contributed by atoms with E-state index in [1.807, 2.05) is 72.8 Å². The summed E-state index contributed by atoms with van der Waals surface area (Å²) in [6, 6.07) is 26.1. The quantitative estimate of drug-likeness (QED) is 0.0657. The van der Waals surface area contributed by atoms with Gasteiger partial charge in [-0.2, -0.15) is 10.4 Å². The minimum absolute atomic E-state index is 0.0628. The van der Waals surface area contributed by atoms with Gasteiger partial charge in [-0.1, -0.05) is 93.8 Å². The Bertz CT molecular complexity index is 2390. The standard InChI is InChI=1S/C40H48N10O4S2/c1-4-6-21-41-33-25-31(39-42-46-47-43-39)28-36(37(33)29-17-11-8-12-18-29)56(53,54)24-16-10-15-23-50(22-7-5-2)34-26-32(40-44-48-49-45-40)27-35(55(3,51)52)38(34)30-19-13-9-14-20-30/h8-9,11-14,17-20,25-28,41H,4-7,10,15-16,21-24H2,1-3H3,(H,42,43,46,47)(H,44,45,48,49). The molecule has 0 radical (unpaired) electrons. The molecule has 6 rings (SSSR count). The topological polar surface area (TPSA) is 192 Å². The number of benzene rings is 4. The number of H-pyrrole nitrogens is 2. The fourth-order valence-corrected chi connectivity index (χ4v) is 9.33. The van der Waals surface area contributed by atoms with Crippen LogP contribution >= 0.6 is 0 Å². The number of unbranched alkanes of at least 4 members (excludes halogenated alkanes) is 4. The highest BCUT2D eigenvalue weighted by Crippen LogP contribution is 2.41. The molecule has 0 saturated carbocycles. The van der Waals surface area contributed by atoms with Crippen LogP contribution in [0.1, 0.15) is 58.8 Å². The summed E-state index contributed by atoms with van der Waals surface area (Å²) >= 11 is 0. The molecule has 0 aliphatic carbocycles. The molecule has 56 heavy (non-hydrogen) atoms. The highest BCUT2D eigenvalue weighted by atomic mass is 32.2. The lowest BCUT2D eigenvalue weighted by Crippen LogP contribution is -2.27. The molecule has 6 aromatic rings. The van der Waals surface area contributed by atoms with Crippen molar-refractivity contribution in [3.05, 3.63) is 84.9 Å². The van der Waals surface area contributed by atoms with Gasteiger partial charge in [0.05, 0.1) is 15.5 Å². The molecule has 0 bridgehead atoms. The second-order valence-corrected chi connectivity index (χ2v) is 17.8. The lowest BCUT2D eigenvalue weighted by molar-refractivity contribution is 0.588. The second kappa shape index (κ2) is 18.4. The van der Waals surface area contributed by atoms with Crippen molar-refractivity contribution >= 4 is 31.0 Å². The molecule has 0 aliphatic rings. The van der Waals surface area contributed by atoms with Gasteiger partial charge in [0.25, 0.3) is 0 Å².